The molecule has 1 saturated heterocycles. The van der Waals surface area contributed by atoms with Gasteiger partial charge in [0.15, 0.2) is 0 Å². The number of hydrogen-bond acceptors (Lipinski definition) is 5. The third-order valence-electron chi connectivity index (χ3n) is 3.68. The van der Waals surface area contributed by atoms with Crippen LogP contribution in [-0.4, -0.2) is 40.8 Å². The van der Waals surface area contributed by atoms with Gasteiger partial charge in [-0.1, -0.05) is 20.8 Å². The van der Waals surface area contributed by atoms with Crippen LogP contribution in [0.25, 0.3) is 0 Å². The minimum Gasteiger partial charge on any atom is -0.394 e. The summed E-state index contributed by atoms with van der Waals surface area (Å²) in [4.78, 5) is 11.5. The monoisotopic (exact) mass is 278 g/mol. The molecule has 0 bridgehead atoms. The highest BCUT2D eigenvalue weighted by Crippen LogP contribution is 2.26. The Bertz CT molecular complexity index is 436. The number of hydrogen-bond donors (Lipinski definition) is 2. The van der Waals surface area contributed by atoms with Crippen molar-refractivity contribution >= 4 is 11.6 Å². The Kier molecular flexibility index (Phi) is 5.17. The second-order valence-corrected chi connectivity index (χ2v) is 5.72. The summed E-state index contributed by atoms with van der Waals surface area (Å²) < 4.78 is 0. The molecule has 1 fully saturated rings. The van der Waals surface area contributed by atoms with E-state index in [9.17, 15) is 5.11 Å². The minimum absolute atomic E-state index is 0.193. The largest absolute Gasteiger partial charge is 0.394 e. The Morgan fingerprint density at radius 1 is 1.45 bits per heavy atom. The highest BCUT2D eigenvalue weighted by molar-refractivity contribution is 5.51. The van der Waals surface area contributed by atoms with Crippen LogP contribution in [0.15, 0.2) is 6.07 Å². The Balaban J connectivity index is 2.28. The smallest absolute Gasteiger partial charge is 0.135 e. The molecular weight excluding hydrogens is 252 g/mol. The Morgan fingerprint density at radius 2 is 2.25 bits per heavy atom. The molecule has 5 heteroatoms. The van der Waals surface area contributed by atoms with Crippen LogP contribution in [0.4, 0.5) is 11.6 Å². The highest BCUT2D eigenvalue weighted by atomic mass is 16.3. The van der Waals surface area contributed by atoms with Crippen molar-refractivity contribution in [2.24, 2.45) is 0 Å². The predicted molar refractivity (Wildman–Crippen MR) is 82.4 cm³/mol. The topological polar surface area (TPSA) is 61.3 Å². The van der Waals surface area contributed by atoms with E-state index in [1.165, 1.54) is 0 Å². The summed E-state index contributed by atoms with van der Waals surface area (Å²) in [6.45, 7) is 8.43. The van der Waals surface area contributed by atoms with Crippen molar-refractivity contribution in [1.29, 1.82) is 0 Å². The van der Waals surface area contributed by atoms with Crippen LogP contribution in [0.2, 0.25) is 0 Å². The number of nitrogens with one attached hydrogen (secondary N) is 1. The van der Waals surface area contributed by atoms with Crippen molar-refractivity contribution in [3.05, 3.63) is 11.9 Å². The average Bonchev–Trinajstić information content (AvgIpc) is 2.93. The first-order valence-electron chi connectivity index (χ1n) is 7.66. The van der Waals surface area contributed by atoms with Crippen molar-refractivity contribution in [3.63, 3.8) is 0 Å². The molecule has 0 aliphatic carbocycles. The molecule has 0 amide bonds. The molecule has 20 heavy (non-hydrogen) atoms. The van der Waals surface area contributed by atoms with Crippen molar-refractivity contribution in [2.45, 2.75) is 52.0 Å². The van der Waals surface area contributed by atoms with E-state index in [0.717, 1.165) is 49.8 Å². The van der Waals surface area contributed by atoms with E-state index >= 15 is 0 Å². The fourth-order valence-electron chi connectivity index (χ4n) is 2.53. The van der Waals surface area contributed by atoms with E-state index in [1.54, 1.807) is 0 Å². The van der Waals surface area contributed by atoms with Gasteiger partial charge in [-0.05, 0) is 19.3 Å². The molecule has 2 heterocycles. The van der Waals surface area contributed by atoms with E-state index in [4.69, 9.17) is 0 Å². The highest BCUT2D eigenvalue weighted by Gasteiger charge is 2.26. The minimum atomic E-state index is 0.193. The molecule has 1 unspecified atom stereocenters. The van der Waals surface area contributed by atoms with Gasteiger partial charge in [0, 0.05) is 25.1 Å². The lowest BCUT2D eigenvalue weighted by molar-refractivity contribution is 0.266. The van der Waals surface area contributed by atoms with E-state index in [1.807, 2.05) is 6.07 Å². The van der Waals surface area contributed by atoms with Gasteiger partial charge in [0.25, 0.3) is 0 Å². The van der Waals surface area contributed by atoms with Gasteiger partial charge in [0.05, 0.1) is 12.6 Å². The van der Waals surface area contributed by atoms with E-state index in [2.05, 4.69) is 41.0 Å². The molecule has 0 radical (unpaired) electrons. The summed E-state index contributed by atoms with van der Waals surface area (Å²) in [6, 6.07) is 2.21. The molecule has 1 aliphatic rings. The molecule has 0 spiro atoms. The van der Waals surface area contributed by atoms with Crippen LogP contribution in [0.1, 0.15) is 51.8 Å². The van der Waals surface area contributed by atoms with Crippen LogP contribution in [0.5, 0.6) is 0 Å². The van der Waals surface area contributed by atoms with E-state index in [-0.39, 0.29) is 12.6 Å². The SMILES string of the molecule is CCCNc1cc(N2CCCC2CO)nc(C(C)C)n1. The first-order valence-corrected chi connectivity index (χ1v) is 7.66. The first kappa shape index (κ1) is 15.0. The molecule has 5 nitrogen and oxygen atoms in total. The third kappa shape index (κ3) is 3.39. The summed E-state index contributed by atoms with van der Waals surface area (Å²) in [7, 11) is 0. The molecule has 2 rings (SSSR count). The zero-order valence-electron chi connectivity index (χ0n) is 12.8. The molecule has 1 aromatic heterocycles. The number of aromatic nitrogens is 2. The molecule has 1 aromatic rings. The van der Waals surface area contributed by atoms with Gasteiger partial charge in [0.1, 0.15) is 17.5 Å². The number of nitrogens with zero attached hydrogens (tertiary/aromatic N) is 3. The lowest BCUT2D eigenvalue weighted by Crippen LogP contribution is -2.33. The van der Waals surface area contributed by atoms with Crippen molar-refractivity contribution in [1.82, 2.24) is 9.97 Å². The second kappa shape index (κ2) is 6.88. The fraction of sp³-hybridized carbons (Fsp3) is 0.733. The Labute approximate surface area is 121 Å². The van der Waals surface area contributed by atoms with Gasteiger partial charge in [-0.3, -0.25) is 0 Å². The van der Waals surface area contributed by atoms with Crippen molar-refractivity contribution in [3.8, 4) is 0 Å². The molecule has 0 saturated carbocycles. The number of aliphatic hydroxyl groups excluding tert-OH is 1. The van der Waals surface area contributed by atoms with Crippen LogP contribution < -0.4 is 10.2 Å². The molecule has 1 atom stereocenters. The molecular formula is C15H26N4O. The summed E-state index contributed by atoms with van der Waals surface area (Å²) in [5, 5.41) is 12.8. The summed E-state index contributed by atoms with van der Waals surface area (Å²) >= 11 is 0. The summed E-state index contributed by atoms with van der Waals surface area (Å²) in [5.41, 5.74) is 0. The quantitative estimate of drug-likeness (QED) is 0.836. The van der Waals surface area contributed by atoms with Gasteiger partial charge in [0.2, 0.25) is 0 Å². The Morgan fingerprint density at radius 3 is 2.90 bits per heavy atom. The zero-order chi connectivity index (χ0) is 14.5. The molecule has 1 aliphatic heterocycles. The molecule has 0 aromatic carbocycles. The Hall–Kier alpha value is -1.36. The maximum Gasteiger partial charge on any atom is 0.135 e. The predicted octanol–water partition coefficient (Wildman–Crippen LogP) is 2.38. The van der Waals surface area contributed by atoms with Crippen LogP contribution in [0, 0.1) is 0 Å². The first-order chi connectivity index (χ1) is 9.65. The van der Waals surface area contributed by atoms with Crippen LogP contribution >= 0.6 is 0 Å². The van der Waals surface area contributed by atoms with Crippen molar-refractivity contribution in [2.75, 3.05) is 29.9 Å². The number of rotatable bonds is 6. The summed E-state index contributed by atoms with van der Waals surface area (Å²) in [6.07, 6.45) is 3.22. The van der Waals surface area contributed by atoms with Crippen LogP contribution in [0.3, 0.4) is 0 Å². The van der Waals surface area contributed by atoms with Gasteiger partial charge in [-0.25, -0.2) is 9.97 Å². The maximum atomic E-state index is 9.49. The molecule has 112 valence electrons. The third-order valence-corrected chi connectivity index (χ3v) is 3.68. The lowest BCUT2D eigenvalue weighted by Gasteiger charge is -2.25. The van der Waals surface area contributed by atoms with Gasteiger partial charge in [-0.15, -0.1) is 0 Å². The van der Waals surface area contributed by atoms with Crippen molar-refractivity contribution < 1.29 is 5.11 Å². The number of aliphatic hydroxyl groups is 1. The van der Waals surface area contributed by atoms with Gasteiger partial charge in [-0.2, -0.15) is 0 Å². The normalized spacial score (nSPS) is 18.9. The lowest BCUT2D eigenvalue weighted by atomic mass is 10.2. The van der Waals surface area contributed by atoms with Gasteiger partial charge >= 0.3 is 0 Å². The average molecular weight is 278 g/mol. The molecule has 2 N–H and O–H groups in total. The standard InChI is InChI=1S/C15H26N4O/c1-4-7-16-13-9-14(18-15(17-13)11(2)3)19-8-5-6-12(19)10-20/h9,11-12,20H,4-8,10H2,1-3H3,(H,16,17,18). The van der Waals surface area contributed by atoms with E-state index in [0.29, 0.717) is 5.92 Å². The fourth-order valence-corrected chi connectivity index (χ4v) is 2.53. The number of anilines is 2. The second-order valence-electron chi connectivity index (χ2n) is 5.72. The van der Waals surface area contributed by atoms with E-state index < -0.39 is 0 Å². The van der Waals surface area contributed by atoms with Gasteiger partial charge < -0.3 is 15.3 Å². The zero-order valence-corrected chi connectivity index (χ0v) is 12.8. The maximum absolute atomic E-state index is 9.49. The van der Waals surface area contributed by atoms with Crippen LogP contribution in [-0.2, 0) is 0 Å². The summed E-state index contributed by atoms with van der Waals surface area (Å²) in [5.74, 6) is 3.00.